The van der Waals surface area contributed by atoms with Crippen LogP contribution in [0.2, 0.25) is 0 Å². The maximum atomic E-state index is 12.5. The number of carbonyl (C=O) groups is 2. The van der Waals surface area contributed by atoms with Gasteiger partial charge < -0.3 is 19.7 Å². The van der Waals surface area contributed by atoms with E-state index in [-0.39, 0.29) is 17.7 Å². The maximum absolute atomic E-state index is 12.5. The van der Waals surface area contributed by atoms with E-state index in [0.29, 0.717) is 44.0 Å². The predicted molar refractivity (Wildman–Crippen MR) is 104 cm³/mol. The van der Waals surface area contributed by atoms with Gasteiger partial charge in [0.2, 0.25) is 5.91 Å². The smallest absolute Gasteiger partial charge is 0.263 e. The highest BCUT2D eigenvalue weighted by Gasteiger charge is 2.28. The Kier molecular flexibility index (Phi) is 6.34. The van der Waals surface area contributed by atoms with Crippen molar-refractivity contribution in [2.45, 2.75) is 19.4 Å². The van der Waals surface area contributed by atoms with Crippen molar-refractivity contribution in [2.75, 3.05) is 27.3 Å². The minimum absolute atomic E-state index is 0.0242. The lowest BCUT2D eigenvalue weighted by molar-refractivity contribution is -0.126. The summed E-state index contributed by atoms with van der Waals surface area (Å²) in [5.74, 6) is 1.42. The molecule has 6 nitrogen and oxygen atoms in total. The molecule has 2 aromatic rings. The third-order valence-corrected chi connectivity index (χ3v) is 5.69. The van der Waals surface area contributed by atoms with Gasteiger partial charge in [-0.05, 0) is 36.4 Å². The fourth-order valence-electron chi connectivity index (χ4n) is 3.23. The van der Waals surface area contributed by atoms with Gasteiger partial charge in [0.05, 0.1) is 19.1 Å². The zero-order valence-electron chi connectivity index (χ0n) is 15.6. The highest BCUT2D eigenvalue weighted by Crippen LogP contribution is 2.25. The highest BCUT2D eigenvalue weighted by atomic mass is 32.1. The Labute approximate surface area is 163 Å². The first kappa shape index (κ1) is 19.2. The van der Waals surface area contributed by atoms with Gasteiger partial charge in [-0.25, -0.2) is 0 Å². The first-order chi connectivity index (χ1) is 13.1. The zero-order valence-corrected chi connectivity index (χ0v) is 16.4. The number of nitrogens with one attached hydrogen (secondary N) is 1. The molecule has 0 saturated carbocycles. The van der Waals surface area contributed by atoms with E-state index in [1.165, 1.54) is 11.3 Å². The first-order valence-corrected chi connectivity index (χ1v) is 9.81. The summed E-state index contributed by atoms with van der Waals surface area (Å²) in [5, 5.41) is 4.89. The quantitative estimate of drug-likeness (QED) is 0.826. The average molecular weight is 388 g/mol. The Morgan fingerprint density at radius 3 is 2.59 bits per heavy atom. The Hall–Kier alpha value is -2.54. The number of nitrogens with zero attached hydrogens (tertiary/aromatic N) is 1. The SMILES string of the molecule is COc1ccc(CNC(=O)C2CCN(C(=O)c3cccs3)CC2)c(OC)c1. The van der Waals surface area contributed by atoms with E-state index < -0.39 is 0 Å². The monoisotopic (exact) mass is 388 g/mol. The van der Waals surface area contributed by atoms with Crippen LogP contribution in [-0.4, -0.2) is 44.0 Å². The predicted octanol–water partition coefficient (Wildman–Crippen LogP) is 2.93. The standard InChI is InChI=1S/C20H24N2O4S/c1-25-16-6-5-15(17(12-16)26-2)13-21-19(23)14-7-9-22(10-8-14)20(24)18-4-3-11-27-18/h3-6,11-12,14H,7-10,13H2,1-2H3,(H,21,23). The Morgan fingerprint density at radius 2 is 1.96 bits per heavy atom. The molecule has 1 saturated heterocycles. The number of rotatable bonds is 6. The average Bonchev–Trinajstić information content (AvgIpc) is 3.26. The van der Waals surface area contributed by atoms with Crippen LogP contribution >= 0.6 is 11.3 Å². The minimum atomic E-state index is -0.0679. The van der Waals surface area contributed by atoms with Crippen molar-refractivity contribution in [2.24, 2.45) is 5.92 Å². The molecule has 3 rings (SSSR count). The summed E-state index contributed by atoms with van der Waals surface area (Å²) in [4.78, 5) is 27.5. The lowest BCUT2D eigenvalue weighted by Gasteiger charge is -2.31. The first-order valence-electron chi connectivity index (χ1n) is 8.93. The molecule has 27 heavy (non-hydrogen) atoms. The van der Waals surface area contributed by atoms with Gasteiger partial charge >= 0.3 is 0 Å². The van der Waals surface area contributed by atoms with E-state index in [9.17, 15) is 9.59 Å². The second kappa shape index (κ2) is 8.90. The van der Waals surface area contributed by atoms with Gasteiger partial charge in [0.1, 0.15) is 11.5 Å². The number of hydrogen-bond acceptors (Lipinski definition) is 5. The van der Waals surface area contributed by atoms with E-state index >= 15 is 0 Å². The molecule has 0 spiro atoms. The molecular formula is C20H24N2O4S. The van der Waals surface area contributed by atoms with Crippen LogP contribution in [0, 0.1) is 5.92 Å². The maximum Gasteiger partial charge on any atom is 0.263 e. The molecule has 0 aliphatic carbocycles. The van der Waals surface area contributed by atoms with E-state index in [1.54, 1.807) is 20.3 Å². The zero-order chi connectivity index (χ0) is 19.2. The summed E-state index contributed by atoms with van der Waals surface area (Å²) in [7, 11) is 3.20. The fraction of sp³-hybridized carbons (Fsp3) is 0.400. The Bertz CT molecular complexity index is 783. The molecule has 2 heterocycles. The molecule has 144 valence electrons. The van der Waals surface area contributed by atoms with E-state index in [0.717, 1.165) is 10.4 Å². The van der Waals surface area contributed by atoms with Gasteiger partial charge in [0, 0.05) is 37.2 Å². The van der Waals surface area contributed by atoms with Crippen LogP contribution in [0.5, 0.6) is 11.5 Å². The summed E-state index contributed by atoms with van der Waals surface area (Å²) in [6.07, 6.45) is 1.37. The Morgan fingerprint density at radius 1 is 1.19 bits per heavy atom. The van der Waals surface area contributed by atoms with Crippen molar-refractivity contribution < 1.29 is 19.1 Å². The van der Waals surface area contributed by atoms with E-state index in [1.807, 2.05) is 34.5 Å². The van der Waals surface area contributed by atoms with Gasteiger partial charge in [-0.3, -0.25) is 9.59 Å². The molecule has 1 aromatic carbocycles. The third-order valence-electron chi connectivity index (χ3n) is 4.83. The van der Waals surface area contributed by atoms with E-state index in [4.69, 9.17) is 9.47 Å². The van der Waals surface area contributed by atoms with Crippen LogP contribution in [0.25, 0.3) is 0 Å². The molecule has 2 amide bonds. The summed E-state index contributed by atoms with van der Waals surface area (Å²) >= 11 is 1.45. The van der Waals surface area contributed by atoms with Crippen LogP contribution < -0.4 is 14.8 Å². The molecule has 1 N–H and O–H groups in total. The summed E-state index contributed by atoms with van der Waals surface area (Å²) in [5.41, 5.74) is 0.900. The van der Waals surface area contributed by atoms with Crippen LogP contribution in [0.1, 0.15) is 28.1 Å². The number of ether oxygens (including phenoxy) is 2. The summed E-state index contributed by atoms with van der Waals surface area (Å²) in [6.45, 7) is 1.63. The van der Waals surface area contributed by atoms with E-state index in [2.05, 4.69) is 5.32 Å². The second-order valence-electron chi connectivity index (χ2n) is 6.44. The normalized spacial score (nSPS) is 14.7. The van der Waals surface area contributed by atoms with Gasteiger partial charge in [-0.15, -0.1) is 11.3 Å². The van der Waals surface area contributed by atoms with Gasteiger partial charge in [0.25, 0.3) is 5.91 Å². The third kappa shape index (κ3) is 4.60. The molecule has 0 radical (unpaired) electrons. The fourth-order valence-corrected chi connectivity index (χ4v) is 3.92. The van der Waals surface area contributed by atoms with Crippen molar-refractivity contribution in [3.63, 3.8) is 0 Å². The number of benzene rings is 1. The summed E-state index contributed by atoms with van der Waals surface area (Å²) < 4.78 is 10.6. The lowest BCUT2D eigenvalue weighted by Crippen LogP contribution is -2.42. The second-order valence-corrected chi connectivity index (χ2v) is 7.39. The van der Waals surface area contributed by atoms with Crippen molar-refractivity contribution in [1.29, 1.82) is 0 Å². The Balaban J connectivity index is 1.51. The molecular weight excluding hydrogens is 364 g/mol. The molecule has 1 aliphatic rings. The highest BCUT2D eigenvalue weighted by molar-refractivity contribution is 7.12. The van der Waals surface area contributed by atoms with Gasteiger partial charge in [-0.1, -0.05) is 6.07 Å². The molecule has 0 unspecified atom stereocenters. The molecule has 1 aliphatic heterocycles. The van der Waals surface area contributed by atoms with Gasteiger partial charge in [0.15, 0.2) is 0 Å². The largest absolute Gasteiger partial charge is 0.497 e. The molecule has 0 bridgehead atoms. The number of hydrogen-bond donors (Lipinski definition) is 1. The topological polar surface area (TPSA) is 67.9 Å². The van der Waals surface area contributed by atoms with Crippen LogP contribution in [0.4, 0.5) is 0 Å². The molecule has 0 atom stereocenters. The number of piperidine rings is 1. The van der Waals surface area contributed by atoms with Crippen LogP contribution in [0.15, 0.2) is 35.7 Å². The van der Waals surface area contributed by atoms with Gasteiger partial charge in [-0.2, -0.15) is 0 Å². The van der Waals surface area contributed by atoms with Crippen LogP contribution in [-0.2, 0) is 11.3 Å². The number of methoxy groups -OCH3 is 2. The number of carbonyl (C=O) groups excluding carboxylic acids is 2. The number of thiophene rings is 1. The number of likely N-dealkylation sites (tertiary alicyclic amines) is 1. The van der Waals surface area contributed by atoms with Crippen molar-refractivity contribution in [3.8, 4) is 11.5 Å². The molecule has 1 aromatic heterocycles. The molecule has 1 fully saturated rings. The van der Waals surface area contributed by atoms with Crippen molar-refractivity contribution in [3.05, 3.63) is 46.2 Å². The lowest BCUT2D eigenvalue weighted by atomic mass is 9.95. The van der Waals surface area contributed by atoms with Crippen LogP contribution in [0.3, 0.4) is 0 Å². The number of amides is 2. The van der Waals surface area contributed by atoms with Crippen molar-refractivity contribution in [1.82, 2.24) is 10.2 Å². The van der Waals surface area contributed by atoms with Crippen molar-refractivity contribution >= 4 is 23.2 Å². The molecule has 7 heteroatoms. The minimum Gasteiger partial charge on any atom is -0.497 e. The summed E-state index contributed by atoms with van der Waals surface area (Å²) in [6, 6.07) is 9.26.